The molecule has 10 heteroatoms. The fraction of sp³-hybridized carbons (Fsp3) is 0.448. The number of imide groups is 1. The van der Waals surface area contributed by atoms with Gasteiger partial charge in [0.15, 0.2) is 0 Å². The molecule has 4 aliphatic heterocycles. The maximum atomic E-state index is 13.0. The van der Waals surface area contributed by atoms with Crippen LogP contribution in [-0.2, 0) is 16.1 Å². The Morgan fingerprint density at radius 1 is 1.03 bits per heavy atom. The largest absolute Gasteiger partial charge is 0.371 e. The van der Waals surface area contributed by atoms with Gasteiger partial charge in [-0.2, -0.15) is 0 Å². The van der Waals surface area contributed by atoms with E-state index in [-0.39, 0.29) is 30.2 Å². The molecule has 2 aromatic rings. The number of amides is 4. The number of hydrogen-bond donors (Lipinski definition) is 2. The van der Waals surface area contributed by atoms with Crippen LogP contribution >= 0.6 is 0 Å². The second-order valence-corrected chi connectivity index (χ2v) is 11.2. The monoisotopic (exact) mass is 530 g/mol. The van der Waals surface area contributed by atoms with Gasteiger partial charge in [-0.25, -0.2) is 0 Å². The standard InChI is InChI=1S/C29H34N6O4/c1-18-13-32(10-11-34(18)24-5-3-2-4-23(24)27(30)37)14-19-15-33(16-19)21-6-7-22-20(12-21)17-35(29(22)39)25-8-9-26(36)31-28(25)38/h2-7,12,18-19,25H,8-11,13-17H2,1H3,(H2,30,37)(H,31,36,38)/t18-,25?/m1/s1. The molecule has 204 valence electrons. The van der Waals surface area contributed by atoms with Crippen LogP contribution in [0.3, 0.4) is 0 Å². The van der Waals surface area contributed by atoms with Crippen molar-refractivity contribution in [3.8, 4) is 0 Å². The van der Waals surface area contributed by atoms with Gasteiger partial charge < -0.3 is 20.4 Å². The summed E-state index contributed by atoms with van der Waals surface area (Å²) in [6.07, 6.45) is 0.626. The zero-order valence-electron chi connectivity index (χ0n) is 22.1. The lowest BCUT2D eigenvalue weighted by Crippen LogP contribution is -2.57. The van der Waals surface area contributed by atoms with E-state index in [4.69, 9.17) is 5.73 Å². The molecule has 0 bridgehead atoms. The van der Waals surface area contributed by atoms with Gasteiger partial charge in [0.05, 0.1) is 5.56 Å². The minimum absolute atomic E-state index is 0.140. The van der Waals surface area contributed by atoms with Crippen LogP contribution in [0.5, 0.6) is 0 Å². The molecule has 0 spiro atoms. The highest BCUT2D eigenvalue weighted by molar-refractivity contribution is 6.05. The number of fused-ring (bicyclic) bond motifs is 1. The normalized spacial score (nSPS) is 24.0. The van der Waals surface area contributed by atoms with Crippen molar-refractivity contribution in [2.75, 3.05) is 49.1 Å². The topological polar surface area (TPSA) is 119 Å². The summed E-state index contributed by atoms with van der Waals surface area (Å²) in [4.78, 5) is 57.4. The predicted octanol–water partition coefficient (Wildman–Crippen LogP) is 1.19. The lowest BCUT2D eigenvalue weighted by atomic mass is 9.96. The lowest BCUT2D eigenvalue weighted by molar-refractivity contribution is -0.136. The van der Waals surface area contributed by atoms with Gasteiger partial charge in [-0.3, -0.25) is 29.4 Å². The third kappa shape index (κ3) is 4.73. The summed E-state index contributed by atoms with van der Waals surface area (Å²) < 4.78 is 0. The van der Waals surface area contributed by atoms with E-state index in [1.54, 1.807) is 11.0 Å². The SMILES string of the molecule is C[C@@H]1CN(CC2CN(c3ccc4c(c3)CN(C3CCC(=O)NC3=O)C4=O)C2)CCN1c1ccccc1C(N)=O. The third-order valence-electron chi connectivity index (χ3n) is 8.54. The van der Waals surface area contributed by atoms with Gasteiger partial charge in [0, 0.05) is 81.1 Å². The van der Waals surface area contributed by atoms with Crippen LogP contribution in [-0.4, -0.2) is 84.8 Å². The summed E-state index contributed by atoms with van der Waals surface area (Å²) in [5, 5.41) is 2.35. The van der Waals surface area contributed by atoms with E-state index in [0.29, 0.717) is 30.0 Å². The Morgan fingerprint density at radius 3 is 2.56 bits per heavy atom. The van der Waals surface area contributed by atoms with Crippen LogP contribution < -0.4 is 20.9 Å². The van der Waals surface area contributed by atoms with Gasteiger partial charge in [-0.1, -0.05) is 12.1 Å². The molecule has 4 heterocycles. The van der Waals surface area contributed by atoms with Gasteiger partial charge in [-0.15, -0.1) is 0 Å². The van der Waals surface area contributed by atoms with Crippen molar-refractivity contribution in [1.82, 2.24) is 15.1 Å². The highest BCUT2D eigenvalue weighted by Gasteiger charge is 2.40. The van der Waals surface area contributed by atoms with E-state index < -0.39 is 11.9 Å². The number of rotatable bonds is 6. The molecule has 0 aromatic heterocycles. The number of anilines is 2. The van der Waals surface area contributed by atoms with Crippen molar-refractivity contribution in [3.05, 3.63) is 59.2 Å². The minimum atomic E-state index is -0.591. The lowest BCUT2D eigenvalue weighted by Gasteiger charge is -2.47. The predicted molar refractivity (Wildman–Crippen MR) is 146 cm³/mol. The number of nitrogens with two attached hydrogens (primary N) is 1. The quantitative estimate of drug-likeness (QED) is 0.539. The van der Waals surface area contributed by atoms with Gasteiger partial charge in [0.25, 0.3) is 11.8 Å². The molecular weight excluding hydrogens is 496 g/mol. The molecule has 10 nitrogen and oxygen atoms in total. The Labute approximate surface area is 227 Å². The second kappa shape index (κ2) is 10.00. The number of para-hydroxylation sites is 1. The number of carbonyl (C=O) groups is 4. The molecule has 3 N–H and O–H groups in total. The van der Waals surface area contributed by atoms with Crippen LogP contribution in [0.4, 0.5) is 11.4 Å². The average Bonchev–Trinajstić information content (AvgIpc) is 3.21. The molecular formula is C29H34N6O4. The van der Waals surface area contributed by atoms with Crippen molar-refractivity contribution >= 4 is 35.0 Å². The Bertz CT molecular complexity index is 1340. The van der Waals surface area contributed by atoms with E-state index in [1.165, 1.54) is 0 Å². The van der Waals surface area contributed by atoms with Crippen LogP contribution in [0.15, 0.2) is 42.5 Å². The Morgan fingerprint density at radius 2 is 1.82 bits per heavy atom. The summed E-state index contributed by atoms with van der Waals surface area (Å²) in [5.41, 5.74) is 9.78. The Hall–Kier alpha value is -3.92. The van der Waals surface area contributed by atoms with E-state index in [2.05, 4.69) is 33.0 Å². The first-order chi connectivity index (χ1) is 18.8. The molecule has 0 radical (unpaired) electrons. The first-order valence-corrected chi connectivity index (χ1v) is 13.7. The van der Waals surface area contributed by atoms with Crippen LogP contribution in [0, 0.1) is 5.92 Å². The maximum absolute atomic E-state index is 13.0. The van der Waals surface area contributed by atoms with E-state index in [9.17, 15) is 19.2 Å². The van der Waals surface area contributed by atoms with Crippen molar-refractivity contribution in [1.29, 1.82) is 0 Å². The van der Waals surface area contributed by atoms with E-state index in [1.807, 2.05) is 30.3 Å². The summed E-state index contributed by atoms with van der Waals surface area (Å²) in [6.45, 7) is 8.26. The molecule has 39 heavy (non-hydrogen) atoms. The van der Waals surface area contributed by atoms with Crippen LogP contribution in [0.25, 0.3) is 0 Å². The molecule has 3 fully saturated rings. The number of benzene rings is 2. The highest BCUT2D eigenvalue weighted by atomic mass is 16.2. The number of primary amides is 1. The molecule has 0 aliphatic carbocycles. The second-order valence-electron chi connectivity index (χ2n) is 11.2. The molecule has 1 unspecified atom stereocenters. The smallest absolute Gasteiger partial charge is 0.255 e. The first-order valence-electron chi connectivity index (χ1n) is 13.7. The molecule has 6 rings (SSSR count). The number of hydrogen-bond acceptors (Lipinski definition) is 7. The Balaban J connectivity index is 1.03. The molecule has 3 saturated heterocycles. The number of carbonyl (C=O) groups excluding carboxylic acids is 4. The highest BCUT2D eigenvalue weighted by Crippen LogP contribution is 2.33. The van der Waals surface area contributed by atoms with Gasteiger partial charge >= 0.3 is 0 Å². The summed E-state index contributed by atoms with van der Waals surface area (Å²) in [6, 6.07) is 13.2. The van der Waals surface area contributed by atoms with Crippen molar-refractivity contribution in [3.63, 3.8) is 0 Å². The van der Waals surface area contributed by atoms with Crippen LogP contribution in [0.1, 0.15) is 46.0 Å². The molecule has 2 atom stereocenters. The molecule has 4 amide bonds. The van der Waals surface area contributed by atoms with Gasteiger partial charge in [-0.05, 0) is 49.2 Å². The number of nitrogens with zero attached hydrogens (tertiary/aromatic N) is 4. The molecule has 0 saturated carbocycles. The van der Waals surface area contributed by atoms with Crippen molar-refractivity contribution < 1.29 is 19.2 Å². The number of piperidine rings is 1. The fourth-order valence-electron chi connectivity index (χ4n) is 6.51. The van der Waals surface area contributed by atoms with E-state index in [0.717, 1.165) is 56.2 Å². The van der Waals surface area contributed by atoms with Gasteiger partial charge in [0.1, 0.15) is 6.04 Å². The zero-order chi connectivity index (χ0) is 27.3. The summed E-state index contributed by atoms with van der Waals surface area (Å²) in [7, 11) is 0. The minimum Gasteiger partial charge on any atom is -0.371 e. The summed E-state index contributed by atoms with van der Waals surface area (Å²) in [5.74, 6) is -0.629. The first kappa shape index (κ1) is 25.4. The zero-order valence-corrected chi connectivity index (χ0v) is 22.1. The van der Waals surface area contributed by atoms with Gasteiger partial charge in [0.2, 0.25) is 11.8 Å². The average molecular weight is 531 g/mol. The summed E-state index contributed by atoms with van der Waals surface area (Å²) >= 11 is 0. The van der Waals surface area contributed by atoms with Crippen molar-refractivity contribution in [2.24, 2.45) is 11.7 Å². The van der Waals surface area contributed by atoms with Crippen molar-refractivity contribution in [2.45, 2.75) is 38.4 Å². The molecule has 2 aromatic carbocycles. The number of nitrogens with one attached hydrogen (secondary N) is 1. The fourth-order valence-corrected chi connectivity index (χ4v) is 6.51. The van der Waals surface area contributed by atoms with E-state index >= 15 is 0 Å². The Kier molecular flexibility index (Phi) is 6.50. The number of piperazine rings is 1. The molecule has 4 aliphatic rings. The third-order valence-corrected chi connectivity index (χ3v) is 8.54. The van der Waals surface area contributed by atoms with Crippen LogP contribution in [0.2, 0.25) is 0 Å². The maximum Gasteiger partial charge on any atom is 0.255 e.